The van der Waals surface area contributed by atoms with Crippen LogP contribution in [0, 0.1) is 0 Å². The highest BCUT2D eigenvalue weighted by Crippen LogP contribution is 2.49. The number of fused-ring (bicyclic) bond motifs is 2. The number of ether oxygens (including phenoxy) is 2. The number of nitrogens with zero attached hydrogens (tertiary/aromatic N) is 8. The number of nitrogens with two attached hydrogens (primary N) is 2. The van der Waals surface area contributed by atoms with E-state index >= 15 is 0 Å². The molecule has 6 rings (SSSR count). The molecule has 4 aromatic heterocycles. The summed E-state index contributed by atoms with van der Waals surface area (Å²) in [5.74, 6) is -0.555. The Kier molecular flexibility index (Phi) is 8.84. The molecule has 228 valence electrons. The van der Waals surface area contributed by atoms with Gasteiger partial charge in [0.2, 0.25) is 19.3 Å². The van der Waals surface area contributed by atoms with E-state index in [4.69, 9.17) is 44.1 Å². The van der Waals surface area contributed by atoms with Crippen LogP contribution in [0.5, 0.6) is 0 Å². The lowest BCUT2D eigenvalue weighted by atomic mass is 10.2. The second-order valence-corrected chi connectivity index (χ2v) is 17.5. The summed E-state index contributed by atoms with van der Waals surface area (Å²) in [5, 5.41) is 0.447. The molecule has 2 aliphatic rings. The monoisotopic (exact) mass is 660 g/mol. The van der Waals surface area contributed by atoms with Crippen LogP contribution in [-0.2, 0) is 31.7 Å². The number of nitrogen functional groups attached to an aromatic ring is 2. The minimum Gasteiger partial charge on any atom is -0.368 e. The second kappa shape index (κ2) is 12.0. The standard InChI is InChI=1S/C12H17ClN5O2P.C11H15ClN5O3P/c1-21(2,19)8-4-3-7(20-8)5-18-6-15-9-10(13)16-12(14)17-11(9)18;1-21(18,19)7-3-2-6(20-7)4-17-5-14-8-9(12)15-11(13)16-10(8)17/h6-8H,3-5H2,1-2H3,(H2,14,16,17);5-7H,2-4H2,1H3,(H,18,19)(H2,13,15,16). The Morgan fingerprint density at radius 2 is 1.24 bits per heavy atom. The Morgan fingerprint density at radius 1 is 0.810 bits per heavy atom. The van der Waals surface area contributed by atoms with Crippen LogP contribution < -0.4 is 11.5 Å². The molecule has 2 saturated heterocycles. The van der Waals surface area contributed by atoms with Crippen LogP contribution in [0.2, 0.25) is 10.3 Å². The molecule has 5 atom stereocenters. The number of halogens is 2. The number of aromatic nitrogens is 8. The molecule has 0 amide bonds. The summed E-state index contributed by atoms with van der Waals surface area (Å²) in [5.41, 5.74) is 13.3. The normalized spacial score (nSPS) is 24.1. The number of hydrogen-bond acceptors (Lipinski definition) is 12. The molecular formula is C23H32Cl2N10O5P2. The van der Waals surface area contributed by atoms with Gasteiger partial charge in [0.25, 0.3) is 0 Å². The Balaban J connectivity index is 0.000000168. The molecule has 4 aromatic rings. The third kappa shape index (κ3) is 6.88. The maximum atomic E-state index is 12.1. The Morgan fingerprint density at radius 3 is 1.62 bits per heavy atom. The van der Waals surface area contributed by atoms with Crippen LogP contribution >= 0.6 is 37.7 Å². The first-order chi connectivity index (χ1) is 19.7. The minimum atomic E-state index is -3.22. The molecule has 0 aromatic carbocycles. The highest BCUT2D eigenvalue weighted by molar-refractivity contribution is 7.62. The van der Waals surface area contributed by atoms with Crippen molar-refractivity contribution in [3.05, 3.63) is 23.0 Å². The molecule has 2 aliphatic heterocycles. The number of hydrogen-bond donors (Lipinski definition) is 3. The van der Waals surface area contributed by atoms with Crippen molar-refractivity contribution in [1.29, 1.82) is 0 Å². The molecular weight excluding hydrogens is 629 g/mol. The molecule has 0 saturated carbocycles. The molecule has 0 aliphatic carbocycles. The predicted molar refractivity (Wildman–Crippen MR) is 160 cm³/mol. The molecule has 5 unspecified atom stereocenters. The smallest absolute Gasteiger partial charge is 0.225 e. The van der Waals surface area contributed by atoms with Gasteiger partial charge in [-0.2, -0.15) is 19.9 Å². The van der Waals surface area contributed by atoms with Crippen molar-refractivity contribution in [2.45, 2.75) is 62.7 Å². The van der Waals surface area contributed by atoms with Crippen LogP contribution in [0.25, 0.3) is 22.3 Å². The van der Waals surface area contributed by atoms with E-state index in [2.05, 4.69) is 29.9 Å². The third-order valence-corrected chi connectivity index (χ3v) is 10.8. The van der Waals surface area contributed by atoms with Crippen molar-refractivity contribution in [2.75, 3.05) is 31.5 Å². The molecule has 15 nitrogen and oxygen atoms in total. The van der Waals surface area contributed by atoms with Gasteiger partial charge in [-0.3, -0.25) is 4.57 Å². The van der Waals surface area contributed by atoms with Crippen LogP contribution in [0.1, 0.15) is 25.7 Å². The SMILES string of the molecule is CP(=O)(O)C1CCC(Cn2cnc3c(Cl)nc(N)nc32)O1.CP(C)(=O)C1CCC(Cn2cnc3c(Cl)nc(N)nc32)O1. The first-order valence-electron chi connectivity index (χ1n) is 13.1. The first-order valence-corrected chi connectivity index (χ1v) is 18.7. The van der Waals surface area contributed by atoms with E-state index in [1.54, 1.807) is 30.6 Å². The number of imidazole rings is 2. The van der Waals surface area contributed by atoms with E-state index in [-0.39, 0.29) is 40.3 Å². The number of anilines is 2. The molecule has 6 heterocycles. The Bertz CT molecular complexity index is 1580. The fourth-order valence-electron chi connectivity index (χ4n) is 5.01. The summed E-state index contributed by atoms with van der Waals surface area (Å²) in [4.78, 5) is 34.0. The number of rotatable bonds is 6. The maximum Gasteiger partial charge on any atom is 0.225 e. The average molecular weight is 661 g/mol. The Hall–Kier alpha value is -2.38. The molecule has 5 N–H and O–H groups in total. The van der Waals surface area contributed by atoms with Gasteiger partial charge >= 0.3 is 0 Å². The zero-order chi connectivity index (χ0) is 30.4. The highest BCUT2D eigenvalue weighted by atomic mass is 35.5. The van der Waals surface area contributed by atoms with Gasteiger partial charge in [0, 0.05) is 6.66 Å². The van der Waals surface area contributed by atoms with E-state index in [1.165, 1.54) is 6.66 Å². The van der Waals surface area contributed by atoms with Crippen molar-refractivity contribution < 1.29 is 23.5 Å². The molecule has 42 heavy (non-hydrogen) atoms. The lowest BCUT2D eigenvalue weighted by Crippen LogP contribution is -2.17. The fraction of sp³-hybridized carbons (Fsp3) is 0.565. The van der Waals surface area contributed by atoms with Crippen molar-refractivity contribution in [3.8, 4) is 0 Å². The topological polar surface area (TPSA) is 212 Å². The molecule has 0 bridgehead atoms. The van der Waals surface area contributed by atoms with Gasteiger partial charge in [-0.15, -0.1) is 0 Å². The zero-order valence-electron chi connectivity index (χ0n) is 23.2. The van der Waals surface area contributed by atoms with E-state index in [0.29, 0.717) is 48.3 Å². The largest absolute Gasteiger partial charge is 0.368 e. The minimum absolute atomic E-state index is 0.00408. The second-order valence-electron chi connectivity index (χ2n) is 10.8. The lowest BCUT2D eigenvalue weighted by Gasteiger charge is -2.17. The van der Waals surface area contributed by atoms with E-state index in [9.17, 15) is 14.0 Å². The van der Waals surface area contributed by atoms with Gasteiger partial charge in [-0.05, 0) is 39.0 Å². The zero-order valence-corrected chi connectivity index (χ0v) is 26.5. The molecule has 0 radical (unpaired) electrons. The van der Waals surface area contributed by atoms with E-state index in [0.717, 1.165) is 12.8 Å². The van der Waals surface area contributed by atoms with Crippen molar-refractivity contribution in [3.63, 3.8) is 0 Å². The molecule has 0 spiro atoms. The molecule has 19 heteroatoms. The lowest BCUT2D eigenvalue weighted by molar-refractivity contribution is 0.0699. The first kappa shape index (κ1) is 31.1. The fourth-order valence-corrected chi connectivity index (χ4v) is 7.71. The summed E-state index contributed by atoms with van der Waals surface area (Å²) in [6.07, 6.45) is 6.03. The van der Waals surface area contributed by atoms with Gasteiger partial charge < -0.3 is 39.5 Å². The van der Waals surface area contributed by atoms with Gasteiger partial charge in [-0.1, -0.05) is 23.2 Å². The van der Waals surface area contributed by atoms with Gasteiger partial charge in [0.15, 0.2) is 21.6 Å². The van der Waals surface area contributed by atoms with E-state index < -0.39 is 20.4 Å². The third-order valence-electron chi connectivity index (χ3n) is 7.08. The Labute approximate surface area is 251 Å². The highest BCUT2D eigenvalue weighted by Gasteiger charge is 2.36. The maximum absolute atomic E-state index is 12.1. The summed E-state index contributed by atoms with van der Waals surface area (Å²) in [6, 6.07) is 0. The average Bonchev–Trinajstić information content (AvgIpc) is 3.67. The van der Waals surface area contributed by atoms with Crippen LogP contribution in [0.4, 0.5) is 11.9 Å². The predicted octanol–water partition coefficient (Wildman–Crippen LogP) is 3.66. The van der Waals surface area contributed by atoms with E-state index in [1.807, 2.05) is 4.57 Å². The van der Waals surface area contributed by atoms with Crippen LogP contribution in [0.3, 0.4) is 0 Å². The van der Waals surface area contributed by atoms with Gasteiger partial charge in [0.1, 0.15) is 29.9 Å². The van der Waals surface area contributed by atoms with Gasteiger partial charge in [-0.25, -0.2) is 9.97 Å². The van der Waals surface area contributed by atoms with Crippen molar-refractivity contribution >= 4 is 71.9 Å². The quantitative estimate of drug-likeness (QED) is 0.199. The van der Waals surface area contributed by atoms with Crippen LogP contribution in [-0.4, -0.2) is 87.8 Å². The summed E-state index contributed by atoms with van der Waals surface area (Å²) < 4.78 is 38.8. The molecule has 2 fully saturated rings. The van der Waals surface area contributed by atoms with Gasteiger partial charge in [0.05, 0.1) is 38.0 Å². The van der Waals surface area contributed by atoms with Crippen molar-refractivity contribution in [2.24, 2.45) is 0 Å². The van der Waals surface area contributed by atoms with Crippen molar-refractivity contribution in [1.82, 2.24) is 39.0 Å². The summed E-state index contributed by atoms with van der Waals surface area (Å²) in [6.45, 7) is 5.90. The summed E-state index contributed by atoms with van der Waals surface area (Å²) in [7, 11) is -5.44. The van der Waals surface area contributed by atoms with Crippen LogP contribution in [0.15, 0.2) is 12.7 Å². The summed E-state index contributed by atoms with van der Waals surface area (Å²) >= 11 is 12.0.